The maximum Gasteiger partial charge on any atom is 0.335 e. The first-order valence-corrected chi connectivity index (χ1v) is 6.55. The average Bonchev–Trinajstić information content (AvgIpc) is 2.47. The molecule has 0 aliphatic carbocycles. The second kappa shape index (κ2) is 6.82. The van der Waals surface area contributed by atoms with E-state index in [1.54, 1.807) is 18.3 Å². The summed E-state index contributed by atoms with van der Waals surface area (Å²) in [6.45, 7) is 1.74. The summed E-state index contributed by atoms with van der Waals surface area (Å²) in [4.78, 5) is 17.1. The monoisotopic (exact) mass is 270 g/mol. The normalized spacial score (nSPS) is 10.7. The molecular formula is C16H18N2O2. The molecule has 0 unspecified atom stereocenters. The molecule has 0 fully saturated rings. The van der Waals surface area contributed by atoms with Gasteiger partial charge in [0.2, 0.25) is 0 Å². The highest BCUT2D eigenvalue weighted by atomic mass is 16.4. The van der Waals surface area contributed by atoms with Crippen molar-refractivity contribution in [2.75, 3.05) is 13.6 Å². The van der Waals surface area contributed by atoms with Crippen molar-refractivity contribution in [3.63, 3.8) is 0 Å². The van der Waals surface area contributed by atoms with Gasteiger partial charge in [-0.1, -0.05) is 18.2 Å². The summed E-state index contributed by atoms with van der Waals surface area (Å²) < 4.78 is 0. The van der Waals surface area contributed by atoms with Crippen molar-refractivity contribution in [2.45, 2.75) is 13.0 Å². The van der Waals surface area contributed by atoms with Crippen LogP contribution in [0, 0.1) is 0 Å². The Labute approximate surface area is 118 Å². The molecule has 4 heteroatoms. The summed E-state index contributed by atoms with van der Waals surface area (Å²) in [6.07, 6.45) is 4.62. The van der Waals surface area contributed by atoms with Crippen molar-refractivity contribution in [1.82, 2.24) is 9.88 Å². The molecule has 1 heterocycles. The standard InChI is InChI=1S/C16H18N2O2/c1-18(10-8-13-3-2-9-17-11-13)12-14-4-6-15(7-5-14)16(19)20/h2-7,9,11H,8,10,12H2,1H3,(H,19,20). The van der Waals surface area contributed by atoms with E-state index in [0.717, 1.165) is 25.1 Å². The number of hydrogen-bond acceptors (Lipinski definition) is 3. The molecule has 0 aliphatic heterocycles. The van der Waals surface area contributed by atoms with Crippen molar-refractivity contribution in [3.05, 3.63) is 65.5 Å². The molecule has 20 heavy (non-hydrogen) atoms. The van der Waals surface area contributed by atoms with Gasteiger partial charge in [-0.3, -0.25) is 4.98 Å². The molecule has 1 aromatic heterocycles. The Kier molecular flexibility index (Phi) is 4.85. The van der Waals surface area contributed by atoms with Crippen molar-refractivity contribution in [1.29, 1.82) is 0 Å². The number of pyridine rings is 1. The molecule has 0 amide bonds. The van der Waals surface area contributed by atoms with Gasteiger partial charge in [0.05, 0.1) is 5.56 Å². The van der Waals surface area contributed by atoms with Gasteiger partial charge in [-0.15, -0.1) is 0 Å². The topological polar surface area (TPSA) is 53.4 Å². The van der Waals surface area contributed by atoms with Crippen molar-refractivity contribution < 1.29 is 9.90 Å². The third-order valence-electron chi connectivity index (χ3n) is 3.16. The molecule has 0 spiro atoms. The van der Waals surface area contributed by atoms with Gasteiger partial charge in [0.25, 0.3) is 0 Å². The fraction of sp³-hybridized carbons (Fsp3) is 0.250. The number of likely N-dealkylation sites (N-methyl/N-ethyl adjacent to an activating group) is 1. The number of carboxylic acid groups (broad SMARTS) is 1. The van der Waals surface area contributed by atoms with Crippen LogP contribution in [0.5, 0.6) is 0 Å². The Bertz CT molecular complexity index is 552. The number of benzene rings is 1. The maximum atomic E-state index is 10.8. The van der Waals surface area contributed by atoms with Crippen LogP contribution in [0.1, 0.15) is 21.5 Å². The minimum absolute atomic E-state index is 0.326. The summed E-state index contributed by atoms with van der Waals surface area (Å²) >= 11 is 0. The minimum Gasteiger partial charge on any atom is -0.478 e. The summed E-state index contributed by atoms with van der Waals surface area (Å²) in [5.74, 6) is -0.888. The van der Waals surface area contributed by atoms with Crippen LogP contribution in [0.2, 0.25) is 0 Å². The Morgan fingerprint density at radius 3 is 2.55 bits per heavy atom. The molecule has 104 valence electrons. The van der Waals surface area contributed by atoms with Crippen LogP contribution in [-0.4, -0.2) is 34.6 Å². The fourth-order valence-corrected chi connectivity index (χ4v) is 2.01. The highest BCUT2D eigenvalue weighted by Crippen LogP contribution is 2.07. The molecule has 2 aromatic rings. The Balaban J connectivity index is 1.85. The van der Waals surface area contributed by atoms with Gasteiger partial charge in [0, 0.05) is 25.5 Å². The highest BCUT2D eigenvalue weighted by Gasteiger charge is 2.04. The van der Waals surface area contributed by atoms with Crippen LogP contribution in [0.25, 0.3) is 0 Å². The van der Waals surface area contributed by atoms with E-state index < -0.39 is 5.97 Å². The molecule has 1 aromatic carbocycles. The van der Waals surface area contributed by atoms with Gasteiger partial charge in [0.1, 0.15) is 0 Å². The van der Waals surface area contributed by atoms with E-state index in [1.807, 2.05) is 24.4 Å². The molecule has 0 saturated heterocycles. The smallest absolute Gasteiger partial charge is 0.335 e. The number of aromatic carboxylic acids is 1. The lowest BCUT2D eigenvalue weighted by molar-refractivity contribution is 0.0697. The van der Waals surface area contributed by atoms with Crippen molar-refractivity contribution in [2.24, 2.45) is 0 Å². The largest absolute Gasteiger partial charge is 0.478 e. The zero-order valence-electron chi connectivity index (χ0n) is 11.5. The van der Waals surface area contributed by atoms with E-state index in [2.05, 4.69) is 23.0 Å². The molecule has 1 N–H and O–H groups in total. The minimum atomic E-state index is -0.888. The first-order chi connectivity index (χ1) is 9.65. The molecule has 0 radical (unpaired) electrons. The summed E-state index contributed by atoms with van der Waals surface area (Å²) in [5.41, 5.74) is 2.66. The fourth-order valence-electron chi connectivity index (χ4n) is 2.01. The lowest BCUT2D eigenvalue weighted by Crippen LogP contribution is -2.20. The van der Waals surface area contributed by atoms with Crippen LogP contribution < -0.4 is 0 Å². The molecule has 0 saturated carbocycles. The number of rotatable bonds is 6. The average molecular weight is 270 g/mol. The molecule has 0 atom stereocenters. The first kappa shape index (κ1) is 14.2. The van der Waals surface area contributed by atoms with E-state index >= 15 is 0 Å². The van der Waals surface area contributed by atoms with Crippen molar-refractivity contribution >= 4 is 5.97 Å². The van der Waals surface area contributed by atoms with Crippen LogP contribution in [0.15, 0.2) is 48.8 Å². The Morgan fingerprint density at radius 2 is 1.95 bits per heavy atom. The van der Waals surface area contributed by atoms with E-state index in [4.69, 9.17) is 5.11 Å². The summed E-state index contributed by atoms with van der Waals surface area (Å²) in [7, 11) is 2.06. The lowest BCUT2D eigenvalue weighted by atomic mass is 10.1. The van der Waals surface area contributed by atoms with Crippen molar-refractivity contribution in [3.8, 4) is 0 Å². The van der Waals surface area contributed by atoms with E-state index in [0.29, 0.717) is 5.56 Å². The van der Waals surface area contributed by atoms with E-state index in [1.165, 1.54) is 5.56 Å². The number of carbonyl (C=O) groups is 1. The lowest BCUT2D eigenvalue weighted by Gasteiger charge is -2.16. The molecular weight excluding hydrogens is 252 g/mol. The van der Waals surface area contributed by atoms with Gasteiger partial charge < -0.3 is 10.0 Å². The Hall–Kier alpha value is -2.20. The predicted molar refractivity (Wildman–Crippen MR) is 77.7 cm³/mol. The third kappa shape index (κ3) is 4.17. The summed E-state index contributed by atoms with van der Waals surface area (Å²) in [5, 5.41) is 8.85. The second-order valence-electron chi connectivity index (χ2n) is 4.85. The van der Waals surface area contributed by atoms with Gasteiger partial charge in [0.15, 0.2) is 0 Å². The quantitative estimate of drug-likeness (QED) is 0.876. The first-order valence-electron chi connectivity index (χ1n) is 6.55. The highest BCUT2D eigenvalue weighted by molar-refractivity contribution is 5.87. The van der Waals surface area contributed by atoms with Crippen LogP contribution in [0.4, 0.5) is 0 Å². The molecule has 4 nitrogen and oxygen atoms in total. The molecule has 0 bridgehead atoms. The van der Waals surface area contributed by atoms with E-state index in [9.17, 15) is 4.79 Å². The Morgan fingerprint density at radius 1 is 1.20 bits per heavy atom. The number of carboxylic acids is 1. The molecule has 0 aliphatic rings. The van der Waals surface area contributed by atoms with Crippen LogP contribution in [-0.2, 0) is 13.0 Å². The van der Waals surface area contributed by atoms with Crippen LogP contribution >= 0.6 is 0 Å². The second-order valence-corrected chi connectivity index (χ2v) is 4.85. The third-order valence-corrected chi connectivity index (χ3v) is 3.16. The van der Waals surface area contributed by atoms with E-state index in [-0.39, 0.29) is 0 Å². The van der Waals surface area contributed by atoms with Gasteiger partial charge in [-0.05, 0) is 42.8 Å². The SMILES string of the molecule is CN(CCc1cccnc1)Cc1ccc(C(=O)O)cc1. The van der Waals surface area contributed by atoms with Gasteiger partial charge >= 0.3 is 5.97 Å². The summed E-state index contributed by atoms with van der Waals surface area (Å²) in [6, 6.07) is 11.0. The number of aromatic nitrogens is 1. The van der Waals surface area contributed by atoms with Gasteiger partial charge in [-0.25, -0.2) is 4.79 Å². The molecule has 2 rings (SSSR count). The van der Waals surface area contributed by atoms with Gasteiger partial charge in [-0.2, -0.15) is 0 Å². The zero-order chi connectivity index (χ0) is 14.4. The number of nitrogens with zero attached hydrogens (tertiary/aromatic N) is 2. The maximum absolute atomic E-state index is 10.8. The predicted octanol–water partition coefficient (Wildman–Crippen LogP) is 2.45. The number of hydrogen-bond donors (Lipinski definition) is 1. The zero-order valence-corrected chi connectivity index (χ0v) is 11.5. The van der Waals surface area contributed by atoms with Crippen LogP contribution in [0.3, 0.4) is 0 Å².